The molecule has 0 amide bonds. The minimum atomic E-state index is -3.65. The first-order chi connectivity index (χ1) is 14.0. The summed E-state index contributed by atoms with van der Waals surface area (Å²) in [6, 6.07) is 22.1. The lowest BCUT2D eigenvalue weighted by Gasteiger charge is -2.35. The van der Waals surface area contributed by atoms with Crippen molar-refractivity contribution in [2.75, 3.05) is 12.4 Å². The Morgan fingerprint density at radius 1 is 0.966 bits per heavy atom. The highest BCUT2D eigenvalue weighted by Gasteiger charge is 2.32. The highest BCUT2D eigenvalue weighted by molar-refractivity contribution is 7.89. The Kier molecular flexibility index (Phi) is 5.30. The fourth-order valence-corrected chi connectivity index (χ4v) is 4.93. The zero-order chi connectivity index (χ0) is 20.4. The molecule has 0 fully saturated rings. The topological polar surface area (TPSA) is 67.4 Å². The molecule has 1 heterocycles. The number of para-hydroxylation sites is 1. The zero-order valence-electron chi connectivity index (χ0n) is 16.4. The van der Waals surface area contributed by atoms with Crippen molar-refractivity contribution in [1.82, 2.24) is 4.72 Å². The number of aryl methyl sites for hydroxylation is 1. The van der Waals surface area contributed by atoms with E-state index < -0.39 is 10.0 Å². The number of hydrogen-bond acceptors (Lipinski definition) is 4. The molecule has 1 aliphatic heterocycles. The van der Waals surface area contributed by atoms with E-state index in [1.807, 2.05) is 67.6 Å². The van der Waals surface area contributed by atoms with E-state index in [4.69, 9.17) is 4.74 Å². The standard InChI is InChI=1S/C23H24N2O3S/c1-16-7-13-20(14-8-16)29(26,27)25-22-15-18-5-3-4-6-21(18)24-23(22)17-9-11-19(28-2)12-10-17/h3-14,22-25H,15H2,1-2H3/t22-,23-/m0/s1. The molecular weight excluding hydrogens is 384 g/mol. The summed E-state index contributed by atoms with van der Waals surface area (Å²) in [6.45, 7) is 1.94. The van der Waals surface area contributed by atoms with E-state index in [1.54, 1.807) is 19.2 Å². The third-order valence-corrected chi connectivity index (χ3v) is 6.79. The van der Waals surface area contributed by atoms with Crippen LogP contribution in [0, 0.1) is 6.92 Å². The summed E-state index contributed by atoms with van der Waals surface area (Å²) in [5.74, 6) is 0.766. The second kappa shape index (κ2) is 7.89. The SMILES string of the molecule is COc1ccc([C@@H]2Nc3ccccc3C[C@@H]2NS(=O)(=O)c2ccc(C)cc2)cc1. The molecule has 0 saturated heterocycles. The van der Waals surface area contributed by atoms with Gasteiger partial charge in [-0.05, 0) is 54.8 Å². The third-order valence-electron chi connectivity index (χ3n) is 5.28. The maximum atomic E-state index is 13.0. The number of ether oxygens (including phenoxy) is 1. The van der Waals surface area contributed by atoms with E-state index in [9.17, 15) is 8.42 Å². The molecule has 0 aliphatic carbocycles. The summed E-state index contributed by atoms with van der Waals surface area (Å²) in [5.41, 5.74) is 4.14. The lowest BCUT2D eigenvalue weighted by Crippen LogP contribution is -2.45. The first kappa shape index (κ1) is 19.5. The van der Waals surface area contributed by atoms with Crippen molar-refractivity contribution >= 4 is 15.7 Å². The Labute approximate surface area is 171 Å². The van der Waals surface area contributed by atoms with Crippen molar-refractivity contribution in [3.05, 3.63) is 89.5 Å². The largest absolute Gasteiger partial charge is 0.497 e. The van der Waals surface area contributed by atoms with Crippen LogP contribution in [0.25, 0.3) is 0 Å². The van der Waals surface area contributed by atoms with Gasteiger partial charge in [0.25, 0.3) is 0 Å². The van der Waals surface area contributed by atoms with Gasteiger partial charge in [-0.1, -0.05) is 48.0 Å². The van der Waals surface area contributed by atoms with Gasteiger partial charge in [0.1, 0.15) is 5.75 Å². The van der Waals surface area contributed by atoms with Gasteiger partial charge in [0.2, 0.25) is 10.0 Å². The number of sulfonamides is 1. The van der Waals surface area contributed by atoms with Gasteiger partial charge < -0.3 is 10.1 Å². The molecule has 29 heavy (non-hydrogen) atoms. The van der Waals surface area contributed by atoms with Gasteiger partial charge in [0, 0.05) is 5.69 Å². The number of methoxy groups -OCH3 is 1. The van der Waals surface area contributed by atoms with Crippen molar-refractivity contribution < 1.29 is 13.2 Å². The van der Waals surface area contributed by atoms with Gasteiger partial charge in [-0.2, -0.15) is 0 Å². The van der Waals surface area contributed by atoms with Crippen LogP contribution in [0.15, 0.2) is 77.7 Å². The van der Waals surface area contributed by atoms with Crippen LogP contribution >= 0.6 is 0 Å². The maximum absolute atomic E-state index is 13.0. The van der Waals surface area contributed by atoms with E-state index in [0.717, 1.165) is 28.1 Å². The van der Waals surface area contributed by atoms with Crippen LogP contribution in [0.5, 0.6) is 5.75 Å². The molecule has 150 valence electrons. The summed E-state index contributed by atoms with van der Waals surface area (Å²) in [4.78, 5) is 0.274. The highest BCUT2D eigenvalue weighted by atomic mass is 32.2. The monoisotopic (exact) mass is 408 g/mol. The lowest BCUT2D eigenvalue weighted by molar-refractivity contribution is 0.414. The molecule has 5 nitrogen and oxygen atoms in total. The minimum absolute atomic E-state index is 0.198. The van der Waals surface area contributed by atoms with Crippen LogP contribution in [0.3, 0.4) is 0 Å². The van der Waals surface area contributed by atoms with Gasteiger partial charge in [-0.25, -0.2) is 13.1 Å². The van der Waals surface area contributed by atoms with Gasteiger partial charge in [-0.3, -0.25) is 0 Å². The maximum Gasteiger partial charge on any atom is 0.240 e. The van der Waals surface area contributed by atoms with Gasteiger partial charge in [0.05, 0.1) is 24.1 Å². The summed E-state index contributed by atoms with van der Waals surface area (Å²) >= 11 is 0. The Morgan fingerprint density at radius 2 is 1.66 bits per heavy atom. The number of nitrogens with one attached hydrogen (secondary N) is 2. The average Bonchev–Trinajstić information content (AvgIpc) is 2.73. The predicted octanol–water partition coefficient (Wildman–Crippen LogP) is 4.06. The van der Waals surface area contributed by atoms with Crippen molar-refractivity contribution in [3.8, 4) is 5.75 Å². The van der Waals surface area contributed by atoms with E-state index >= 15 is 0 Å². The van der Waals surface area contributed by atoms with Gasteiger partial charge in [-0.15, -0.1) is 0 Å². The summed E-state index contributed by atoms with van der Waals surface area (Å²) in [7, 11) is -2.02. The van der Waals surface area contributed by atoms with E-state index in [0.29, 0.717) is 6.42 Å². The second-order valence-electron chi connectivity index (χ2n) is 7.30. The van der Waals surface area contributed by atoms with Crippen LogP contribution < -0.4 is 14.8 Å². The quantitative estimate of drug-likeness (QED) is 0.668. The number of hydrogen-bond donors (Lipinski definition) is 2. The van der Waals surface area contributed by atoms with Crippen LogP contribution in [0.2, 0.25) is 0 Å². The highest BCUT2D eigenvalue weighted by Crippen LogP contribution is 2.34. The molecule has 3 aromatic carbocycles. The van der Waals surface area contributed by atoms with Crippen LogP contribution in [0.1, 0.15) is 22.7 Å². The Morgan fingerprint density at radius 3 is 2.34 bits per heavy atom. The van der Waals surface area contributed by atoms with E-state index in [1.165, 1.54) is 0 Å². The molecule has 4 rings (SSSR count). The molecular formula is C23H24N2O3S. The second-order valence-corrected chi connectivity index (χ2v) is 9.01. The molecule has 0 spiro atoms. The van der Waals surface area contributed by atoms with Gasteiger partial charge in [0.15, 0.2) is 0 Å². The van der Waals surface area contributed by atoms with Crippen LogP contribution in [-0.4, -0.2) is 21.6 Å². The molecule has 3 aromatic rings. The molecule has 2 N–H and O–H groups in total. The van der Waals surface area contributed by atoms with Crippen molar-refractivity contribution in [1.29, 1.82) is 0 Å². The molecule has 0 radical (unpaired) electrons. The molecule has 0 aromatic heterocycles. The van der Waals surface area contributed by atoms with Gasteiger partial charge >= 0.3 is 0 Å². The molecule has 6 heteroatoms. The summed E-state index contributed by atoms with van der Waals surface area (Å²) < 4.78 is 34.3. The number of anilines is 1. The third kappa shape index (κ3) is 4.13. The Hall–Kier alpha value is -2.83. The fraction of sp³-hybridized carbons (Fsp3) is 0.217. The first-order valence-corrected chi connectivity index (χ1v) is 11.0. The summed E-state index contributed by atoms with van der Waals surface area (Å²) in [5, 5.41) is 3.52. The molecule has 1 aliphatic rings. The number of benzene rings is 3. The fourth-order valence-electron chi connectivity index (χ4n) is 3.68. The normalized spacial score (nSPS) is 18.6. The van der Waals surface area contributed by atoms with E-state index in [2.05, 4.69) is 10.0 Å². The molecule has 2 atom stereocenters. The van der Waals surface area contributed by atoms with Crippen molar-refractivity contribution in [2.45, 2.75) is 30.3 Å². The minimum Gasteiger partial charge on any atom is -0.497 e. The summed E-state index contributed by atoms with van der Waals surface area (Å²) in [6.07, 6.45) is 0.602. The van der Waals surface area contributed by atoms with E-state index in [-0.39, 0.29) is 17.0 Å². The number of rotatable bonds is 5. The smallest absolute Gasteiger partial charge is 0.240 e. The van der Waals surface area contributed by atoms with Crippen LogP contribution in [-0.2, 0) is 16.4 Å². The average molecular weight is 409 g/mol. The number of fused-ring (bicyclic) bond motifs is 1. The first-order valence-electron chi connectivity index (χ1n) is 9.54. The molecule has 0 unspecified atom stereocenters. The Bertz CT molecular complexity index is 1090. The molecule has 0 saturated carbocycles. The van der Waals surface area contributed by atoms with Crippen molar-refractivity contribution in [2.24, 2.45) is 0 Å². The zero-order valence-corrected chi connectivity index (χ0v) is 17.2. The van der Waals surface area contributed by atoms with Crippen molar-refractivity contribution in [3.63, 3.8) is 0 Å². The lowest BCUT2D eigenvalue weighted by atomic mass is 9.89. The Balaban J connectivity index is 1.68. The molecule has 0 bridgehead atoms. The predicted molar refractivity (Wildman–Crippen MR) is 115 cm³/mol. The van der Waals surface area contributed by atoms with Crippen LogP contribution in [0.4, 0.5) is 5.69 Å².